The maximum atomic E-state index is 13.3. The third kappa shape index (κ3) is 5.92. The van der Waals surface area contributed by atoms with Gasteiger partial charge >= 0.3 is 6.03 Å². The highest BCUT2D eigenvalue weighted by Crippen LogP contribution is 2.27. The Labute approximate surface area is 213 Å². The number of urea groups is 1. The lowest BCUT2D eigenvalue weighted by molar-refractivity contribution is -0.593. The number of hydrogen-bond acceptors (Lipinski definition) is 4. The number of rotatable bonds is 7. The first-order valence-corrected chi connectivity index (χ1v) is 11.4. The van der Waals surface area contributed by atoms with Crippen molar-refractivity contribution < 1.29 is 19.1 Å². The molecule has 3 N–H and O–H groups in total. The quantitative estimate of drug-likeness (QED) is 0.240. The molecule has 36 heavy (non-hydrogen) atoms. The van der Waals surface area contributed by atoms with Crippen LogP contribution in [0, 0.1) is 5.21 Å². The number of carbonyl (C=O) groups excluding carboxylic acids is 2. The molecule has 4 rings (SSSR count). The first-order valence-electron chi connectivity index (χ1n) is 11.0. The van der Waals surface area contributed by atoms with Crippen molar-refractivity contribution in [3.63, 3.8) is 0 Å². The Hall–Kier alpha value is -4.56. The maximum Gasteiger partial charge on any atom is 0.320 e. The van der Waals surface area contributed by atoms with Crippen molar-refractivity contribution in [1.82, 2.24) is 5.32 Å². The second kappa shape index (κ2) is 11.2. The monoisotopic (exact) mass is 502 g/mol. The molecular formula is C27H23ClN4O4. The molecule has 4 aromatic rings. The van der Waals surface area contributed by atoms with Crippen molar-refractivity contribution in [2.24, 2.45) is 0 Å². The Morgan fingerprint density at radius 1 is 0.861 bits per heavy atom. The number of para-hydroxylation sites is 1. The lowest BCUT2D eigenvalue weighted by Crippen LogP contribution is -2.39. The summed E-state index contributed by atoms with van der Waals surface area (Å²) < 4.78 is 6.19. The Morgan fingerprint density at radius 3 is 2.19 bits per heavy atom. The summed E-state index contributed by atoms with van der Waals surface area (Å²) >= 11 is 5.91. The number of amides is 3. The number of nitrogens with zero attached hydrogens (tertiary/aromatic N) is 1. The van der Waals surface area contributed by atoms with Gasteiger partial charge in [0.15, 0.2) is 6.20 Å². The van der Waals surface area contributed by atoms with E-state index in [-0.39, 0.29) is 0 Å². The van der Waals surface area contributed by atoms with E-state index >= 15 is 0 Å². The Bertz CT molecular complexity index is 1360. The second-order valence-corrected chi connectivity index (χ2v) is 8.20. The fourth-order valence-electron chi connectivity index (χ4n) is 3.61. The number of benzene rings is 3. The van der Waals surface area contributed by atoms with E-state index in [4.69, 9.17) is 16.3 Å². The first kappa shape index (κ1) is 24.6. The number of methoxy groups -OCH3 is 1. The molecule has 1 heterocycles. The van der Waals surface area contributed by atoms with E-state index in [0.717, 1.165) is 4.73 Å². The molecule has 1 unspecified atom stereocenters. The summed E-state index contributed by atoms with van der Waals surface area (Å²) in [5.74, 6) is -0.0269. The summed E-state index contributed by atoms with van der Waals surface area (Å²) in [6.45, 7) is 0. The van der Waals surface area contributed by atoms with Crippen LogP contribution in [0.3, 0.4) is 0 Å². The van der Waals surface area contributed by atoms with Gasteiger partial charge in [0.05, 0.1) is 7.11 Å². The third-order valence-corrected chi connectivity index (χ3v) is 5.61. The van der Waals surface area contributed by atoms with Gasteiger partial charge in [-0.25, -0.2) is 4.79 Å². The maximum absolute atomic E-state index is 13.3. The highest BCUT2D eigenvalue weighted by atomic mass is 35.5. The van der Waals surface area contributed by atoms with Crippen LogP contribution in [-0.4, -0.2) is 19.0 Å². The molecule has 0 aliphatic heterocycles. The van der Waals surface area contributed by atoms with Crippen LogP contribution in [0.15, 0.2) is 97.2 Å². The molecule has 9 heteroatoms. The van der Waals surface area contributed by atoms with E-state index in [1.54, 1.807) is 91.0 Å². The van der Waals surface area contributed by atoms with Crippen LogP contribution in [0.25, 0.3) is 11.3 Å². The zero-order chi connectivity index (χ0) is 25.5. The summed E-state index contributed by atoms with van der Waals surface area (Å²) in [6.07, 6.45) is 1.42. The topological polar surface area (TPSA) is 106 Å². The smallest absolute Gasteiger partial charge is 0.320 e. The van der Waals surface area contributed by atoms with Crippen molar-refractivity contribution in [3.05, 3.63) is 113 Å². The van der Waals surface area contributed by atoms with Crippen molar-refractivity contribution in [1.29, 1.82) is 0 Å². The number of nitrogens with one attached hydrogen (secondary N) is 3. The normalized spacial score (nSPS) is 11.3. The minimum atomic E-state index is -1.06. The number of carbonyl (C=O) groups is 2. The third-order valence-electron chi connectivity index (χ3n) is 5.36. The summed E-state index contributed by atoms with van der Waals surface area (Å²) in [5.41, 5.74) is 2.69. The molecule has 1 aromatic heterocycles. The van der Waals surface area contributed by atoms with E-state index in [2.05, 4.69) is 16.0 Å². The number of ether oxygens (including phenoxy) is 1. The Morgan fingerprint density at radius 2 is 1.50 bits per heavy atom. The van der Waals surface area contributed by atoms with Crippen LogP contribution in [-0.2, 0) is 4.79 Å². The predicted octanol–water partition coefficient (Wildman–Crippen LogP) is 5.15. The molecule has 0 bridgehead atoms. The van der Waals surface area contributed by atoms with Crippen molar-refractivity contribution >= 4 is 34.9 Å². The van der Waals surface area contributed by atoms with Gasteiger partial charge in [-0.2, -0.15) is 4.73 Å². The van der Waals surface area contributed by atoms with E-state index in [1.165, 1.54) is 13.3 Å². The summed E-state index contributed by atoms with van der Waals surface area (Å²) in [5, 5.41) is 20.8. The average molecular weight is 503 g/mol. The van der Waals surface area contributed by atoms with Gasteiger partial charge < -0.3 is 25.9 Å². The number of halogens is 1. The molecule has 0 saturated heterocycles. The van der Waals surface area contributed by atoms with Gasteiger partial charge in [-0.05, 0) is 60.7 Å². The van der Waals surface area contributed by atoms with Crippen LogP contribution in [0.2, 0.25) is 5.02 Å². The van der Waals surface area contributed by atoms with Gasteiger partial charge in [0.1, 0.15) is 11.8 Å². The van der Waals surface area contributed by atoms with Crippen molar-refractivity contribution in [2.45, 2.75) is 6.04 Å². The zero-order valence-electron chi connectivity index (χ0n) is 19.3. The van der Waals surface area contributed by atoms with Crippen LogP contribution >= 0.6 is 11.6 Å². The highest BCUT2D eigenvalue weighted by Gasteiger charge is 2.26. The Balaban J connectivity index is 1.54. The van der Waals surface area contributed by atoms with Gasteiger partial charge in [0.25, 0.3) is 5.91 Å². The molecule has 3 amide bonds. The highest BCUT2D eigenvalue weighted by molar-refractivity contribution is 6.30. The van der Waals surface area contributed by atoms with Crippen LogP contribution in [0.4, 0.5) is 16.2 Å². The van der Waals surface area contributed by atoms with Gasteiger partial charge in [0.2, 0.25) is 5.69 Å². The largest absolute Gasteiger partial charge is 0.618 e. The number of anilines is 2. The molecule has 1 atom stereocenters. The zero-order valence-corrected chi connectivity index (χ0v) is 20.0. The molecular weight excluding hydrogens is 480 g/mol. The molecule has 0 aliphatic rings. The van der Waals surface area contributed by atoms with E-state index in [1.807, 2.05) is 0 Å². The molecule has 0 saturated carbocycles. The SMILES string of the molecule is COc1ccccc1C(NC(=O)Nc1ccc(Cl)cc1)C(=O)Nc1ccc(-c2cccc[n+]2[O-])cc1. The van der Waals surface area contributed by atoms with E-state index < -0.39 is 18.0 Å². The average Bonchev–Trinajstić information content (AvgIpc) is 2.89. The van der Waals surface area contributed by atoms with Gasteiger partial charge in [-0.1, -0.05) is 29.8 Å². The Kier molecular flexibility index (Phi) is 7.67. The van der Waals surface area contributed by atoms with Gasteiger partial charge in [-0.3, -0.25) is 4.79 Å². The molecule has 0 aliphatic carbocycles. The predicted molar refractivity (Wildman–Crippen MR) is 139 cm³/mol. The molecule has 8 nitrogen and oxygen atoms in total. The minimum absolute atomic E-state index is 0.448. The molecule has 182 valence electrons. The second-order valence-electron chi connectivity index (χ2n) is 7.76. The van der Waals surface area contributed by atoms with Gasteiger partial charge in [0, 0.05) is 39.7 Å². The van der Waals surface area contributed by atoms with Crippen LogP contribution in [0.1, 0.15) is 11.6 Å². The lowest BCUT2D eigenvalue weighted by Gasteiger charge is -2.21. The standard InChI is InChI=1S/C27H23ClN4O4/c1-36-24-8-3-2-6-22(24)25(31-27(34)30-21-15-11-19(28)12-16-21)26(33)29-20-13-9-18(10-14-20)23-7-4-5-17-32(23)35/h2-17,25H,1H3,(H,29,33)(H2,30,31,34). The molecule has 0 spiro atoms. The van der Waals surface area contributed by atoms with Crippen molar-refractivity contribution in [2.75, 3.05) is 17.7 Å². The first-order chi connectivity index (χ1) is 17.4. The number of pyridine rings is 1. The number of hydrogen-bond donors (Lipinski definition) is 3. The molecule has 0 fully saturated rings. The lowest BCUT2D eigenvalue weighted by atomic mass is 10.0. The molecule has 0 radical (unpaired) electrons. The van der Waals surface area contributed by atoms with Crippen LogP contribution < -0.4 is 25.4 Å². The summed E-state index contributed by atoms with van der Waals surface area (Å²) in [4.78, 5) is 26.1. The van der Waals surface area contributed by atoms with E-state index in [9.17, 15) is 14.8 Å². The summed E-state index contributed by atoms with van der Waals surface area (Å²) in [6, 6.07) is 23.9. The fraction of sp³-hybridized carbons (Fsp3) is 0.0741. The van der Waals surface area contributed by atoms with Crippen molar-refractivity contribution in [3.8, 4) is 17.0 Å². The fourth-order valence-corrected chi connectivity index (χ4v) is 3.74. The molecule has 3 aromatic carbocycles. The van der Waals surface area contributed by atoms with Gasteiger partial charge in [-0.15, -0.1) is 0 Å². The summed E-state index contributed by atoms with van der Waals surface area (Å²) in [7, 11) is 1.49. The van der Waals surface area contributed by atoms with E-state index in [0.29, 0.717) is 39.0 Å². The number of aromatic nitrogens is 1. The van der Waals surface area contributed by atoms with Crippen LogP contribution in [0.5, 0.6) is 5.75 Å². The minimum Gasteiger partial charge on any atom is -0.618 e.